The minimum atomic E-state index is -0.448. The number of benzene rings is 3. The van der Waals surface area contributed by atoms with Gasteiger partial charge in [-0.15, -0.1) is 0 Å². The Bertz CT molecular complexity index is 1310. The molecule has 0 N–H and O–H groups in total. The molecule has 1 fully saturated rings. The number of thioether (sulfide) groups is 1. The lowest BCUT2D eigenvalue weighted by Gasteiger charge is -2.14. The van der Waals surface area contributed by atoms with Crippen LogP contribution >= 0.6 is 35.6 Å². The first kappa shape index (κ1) is 24.8. The molecule has 178 valence electrons. The zero-order valence-electron chi connectivity index (χ0n) is 18.8. The number of esters is 1. The summed E-state index contributed by atoms with van der Waals surface area (Å²) in [5.74, 6) is 0.434. The first-order valence-corrected chi connectivity index (χ1v) is 12.0. The van der Waals surface area contributed by atoms with Gasteiger partial charge in [-0.2, -0.15) is 0 Å². The Morgan fingerprint density at radius 2 is 1.74 bits per heavy atom. The highest BCUT2D eigenvalue weighted by atomic mass is 35.5. The third-order valence-corrected chi connectivity index (χ3v) is 6.69. The average molecular weight is 526 g/mol. The number of carbonyl (C=O) groups is 2. The third-order valence-electron chi connectivity index (χ3n) is 5.13. The molecule has 0 atom stereocenters. The number of amides is 1. The van der Waals surface area contributed by atoms with E-state index >= 15 is 0 Å². The van der Waals surface area contributed by atoms with Crippen LogP contribution in [0.3, 0.4) is 0 Å². The Balaban J connectivity index is 1.50. The number of halogens is 1. The maximum absolute atomic E-state index is 13.1. The van der Waals surface area contributed by atoms with Crippen LogP contribution < -0.4 is 14.4 Å². The van der Waals surface area contributed by atoms with Gasteiger partial charge in [0, 0.05) is 5.02 Å². The number of hydrogen-bond donors (Lipinski definition) is 0. The second-order valence-electron chi connectivity index (χ2n) is 7.38. The smallest absolute Gasteiger partial charge is 0.337 e. The summed E-state index contributed by atoms with van der Waals surface area (Å²) in [7, 11) is 2.88. The first-order chi connectivity index (χ1) is 16.9. The first-order valence-electron chi connectivity index (χ1n) is 10.4. The van der Waals surface area contributed by atoms with Gasteiger partial charge < -0.3 is 14.2 Å². The van der Waals surface area contributed by atoms with Crippen molar-refractivity contribution >= 4 is 63.5 Å². The van der Waals surface area contributed by atoms with Crippen molar-refractivity contribution in [1.29, 1.82) is 0 Å². The Kier molecular flexibility index (Phi) is 7.75. The number of carbonyl (C=O) groups excluding carboxylic acids is 2. The maximum atomic E-state index is 13.1. The van der Waals surface area contributed by atoms with Gasteiger partial charge in [0.25, 0.3) is 5.91 Å². The van der Waals surface area contributed by atoms with Gasteiger partial charge in [-0.1, -0.05) is 53.8 Å². The Labute approximate surface area is 217 Å². The van der Waals surface area contributed by atoms with Gasteiger partial charge >= 0.3 is 5.97 Å². The van der Waals surface area contributed by atoms with Crippen molar-refractivity contribution in [3.8, 4) is 11.5 Å². The van der Waals surface area contributed by atoms with Crippen LogP contribution in [-0.4, -0.2) is 30.4 Å². The molecule has 3 aromatic carbocycles. The molecule has 1 saturated heterocycles. The van der Waals surface area contributed by atoms with E-state index in [1.165, 1.54) is 23.8 Å². The number of nitrogens with zero attached hydrogens (tertiary/aromatic N) is 1. The molecule has 3 aromatic rings. The molecule has 0 bridgehead atoms. The molecule has 0 aliphatic carbocycles. The lowest BCUT2D eigenvalue weighted by molar-refractivity contribution is -0.113. The number of ether oxygens (including phenoxy) is 3. The van der Waals surface area contributed by atoms with Crippen molar-refractivity contribution in [2.45, 2.75) is 6.61 Å². The van der Waals surface area contributed by atoms with E-state index in [2.05, 4.69) is 0 Å². The fourth-order valence-corrected chi connectivity index (χ4v) is 4.77. The van der Waals surface area contributed by atoms with Crippen LogP contribution in [0.2, 0.25) is 5.02 Å². The normalized spacial score (nSPS) is 14.4. The SMILES string of the molecule is COC(=O)c1ccc(N2C(=O)/C(=C/c3ccc(OCc4ccc(Cl)cc4)c(OC)c3)SC2=S)cc1. The maximum Gasteiger partial charge on any atom is 0.337 e. The van der Waals surface area contributed by atoms with Gasteiger partial charge in [0.05, 0.1) is 30.4 Å². The minimum absolute atomic E-state index is 0.243. The number of rotatable bonds is 7. The molecule has 1 aliphatic rings. The van der Waals surface area contributed by atoms with Crippen molar-refractivity contribution in [3.05, 3.63) is 93.3 Å². The zero-order valence-corrected chi connectivity index (χ0v) is 21.2. The van der Waals surface area contributed by atoms with Crippen LogP contribution in [0.5, 0.6) is 11.5 Å². The fraction of sp³-hybridized carbons (Fsp3) is 0.115. The van der Waals surface area contributed by atoms with Crippen LogP contribution in [0.15, 0.2) is 71.6 Å². The molecule has 0 saturated carbocycles. The van der Waals surface area contributed by atoms with Gasteiger partial charge in [-0.05, 0) is 65.7 Å². The number of thiocarbonyl (C=S) groups is 1. The van der Waals surface area contributed by atoms with E-state index in [1.807, 2.05) is 30.3 Å². The molecule has 1 heterocycles. The van der Waals surface area contributed by atoms with Crippen molar-refractivity contribution < 1.29 is 23.8 Å². The van der Waals surface area contributed by atoms with Gasteiger partial charge in [0.2, 0.25) is 0 Å². The van der Waals surface area contributed by atoms with Crippen LogP contribution in [0.4, 0.5) is 5.69 Å². The number of anilines is 1. The molecule has 1 amide bonds. The van der Waals surface area contributed by atoms with Gasteiger partial charge in [0.1, 0.15) is 6.61 Å². The Morgan fingerprint density at radius 1 is 1.03 bits per heavy atom. The summed E-state index contributed by atoms with van der Waals surface area (Å²) >= 11 is 12.6. The van der Waals surface area contributed by atoms with Crippen LogP contribution in [0.25, 0.3) is 6.08 Å². The highest BCUT2D eigenvalue weighted by Gasteiger charge is 2.33. The summed E-state index contributed by atoms with van der Waals surface area (Å²) < 4.78 is 16.5. The fourth-order valence-electron chi connectivity index (χ4n) is 3.34. The lowest BCUT2D eigenvalue weighted by atomic mass is 10.1. The molecule has 0 spiro atoms. The minimum Gasteiger partial charge on any atom is -0.493 e. The predicted molar refractivity (Wildman–Crippen MR) is 142 cm³/mol. The molecule has 0 aromatic heterocycles. The van der Waals surface area contributed by atoms with Crippen molar-refractivity contribution in [3.63, 3.8) is 0 Å². The third kappa shape index (κ3) is 5.67. The highest BCUT2D eigenvalue weighted by molar-refractivity contribution is 8.27. The van der Waals surface area contributed by atoms with Crippen molar-refractivity contribution in [1.82, 2.24) is 0 Å². The summed E-state index contributed by atoms with van der Waals surface area (Å²) in [5.41, 5.74) is 2.71. The Morgan fingerprint density at radius 3 is 2.40 bits per heavy atom. The summed E-state index contributed by atoms with van der Waals surface area (Å²) in [6, 6.07) is 19.4. The number of methoxy groups -OCH3 is 2. The molecule has 4 rings (SSSR count). The molecule has 9 heteroatoms. The molecule has 35 heavy (non-hydrogen) atoms. The second kappa shape index (κ2) is 10.9. The van der Waals surface area contributed by atoms with Crippen LogP contribution in [-0.2, 0) is 16.1 Å². The largest absolute Gasteiger partial charge is 0.493 e. The van der Waals surface area contributed by atoms with E-state index in [9.17, 15) is 9.59 Å². The summed E-state index contributed by atoms with van der Waals surface area (Å²) in [6.45, 7) is 0.361. The monoisotopic (exact) mass is 525 g/mol. The molecule has 1 aliphatic heterocycles. The van der Waals surface area contributed by atoms with E-state index in [1.54, 1.807) is 49.6 Å². The van der Waals surface area contributed by atoms with E-state index < -0.39 is 5.97 Å². The zero-order chi connectivity index (χ0) is 24.9. The quantitative estimate of drug-likeness (QED) is 0.209. The molecule has 0 radical (unpaired) electrons. The van der Waals surface area contributed by atoms with Crippen molar-refractivity contribution in [2.24, 2.45) is 0 Å². The molecular weight excluding hydrogens is 506 g/mol. The van der Waals surface area contributed by atoms with Gasteiger partial charge in [-0.3, -0.25) is 9.69 Å². The summed E-state index contributed by atoms with van der Waals surface area (Å²) in [5, 5.41) is 0.666. The van der Waals surface area contributed by atoms with Gasteiger partial charge in [0.15, 0.2) is 15.8 Å². The van der Waals surface area contributed by atoms with E-state index in [0.29, 0.717) is 43.6 Å². The van der Waals surface area contributed by atoms with E-state index in [4.69, 9.17) is 38.0 Å². The predicted octanol–water partition coefficient (Wildman–Crippen LogP) is 6.12. The summed E-state index contributed by atoms with van der Waals surface area (Å²) in [6.07, 6.45) is 1.76. The lowest BCUT2D eigenvalue weighted by Crippen LogP contribution is -2.27. The topological polar surface area (TPSA) is 65.1 Å². The van der Waals surface area contributed by atoms with Gasteiger partial charge in [-0.25, -0.2) is 4.79 Å². The molecular formula is C26H20ClNO5S2. The Hall–Kier alpha value is -3.33. The van der Waals surface area contributed by atoms with E-state index in [0.717, 1.165) is 11.1 Å². The molecule has 6 nitrogen and oxygen atoms in total. The average Bonchev–Trinajstić information content (AvgIpc) is 3.15. The highest BCUT2D eigenvalue weighted by Crippen LogP contribution is 2.37. The molecule has 0 unspecified atom stereocenters. The van der Waals surface area contributed by atoms with Crippen LogP contribution in [0, 0.1) is 0 Å². The summed E-state index contributed by atoms with van der Waals surface area (Å²) in [4.78, 5) is 26.7. The van der Waals surface area contributed by atoms with Crippen LogP contribution in [0.1, 0.15) is 21.5 Å². The van der Waals surface area contributed by atoms with E-state index in [-0.39, 0.29) is 5.91 Å². The number of hydrogen-bond acceptors (Lipinski definition) is 7. The van der Waals surface area contributed by atoms with Crippen molar-refractivity contribution in [2.75, 3.05) is 19.1 Å². The second-order valence-corrected chi connectivity index (χ2v) is 9.49. The standard InChI is InChI=1S/C26H20ClNO5S2/c1-31-22-13-17(5-12-21(22)33-15-16-3-8-19(27)9-4-16)14-23-24(29)28(26(34)35-23)20-10-6-18(7-11-20)25(30)32-2/h3-14H,15H2,1-2H3/b23-14-.